The van der Waals surface area contributed by atoms with Crippen molar-refractivity contribution in [3.63, 3.8) is 0 Å². The van der Waals surface area contributed by atoms with Crippen molar-refractivity contribution in [1.82, 2.24) is 0 Å². The van der Waals surface area contributed by atoms with Crippen molar-refractivity contribution < 1.29 is 14.4 Å². The minimum absolute atomic E-state index is 0.105. The maximum absolute atomic E-state index is 10.5. The summed E-state index contributed by atoms with van der Waals surface area (Å²) in [6.45, 7) is 0. The topological polar surface area (TPSA) is 107 Å². The van der Waals surface area contributed by atoms with Crippen LogP contribution in [0.4, 0.5) is 0 Å². The highest BCUT2D eigenvalue weighted by atomic mass is 31.2. The van der Waals surface area contributed by atoms with Crippen LogP contribution < -0.4 is 5.73 Å². The SMILES string of the molecule is N#CC1(N)CC(P(=O)(O)O)C1. The molecule has 0 unspecified atom stereocenters. The van der Waals surface area contributed by atoms with Crippen LogP contribution >= 0.6 is 7.60 Å². The second kappa shape index (κ2) is 2.29. The molecule has 0 spiro atoms. The number of hydrogen-bond donors (Lipinski definition) is 3. The summed E-state index contributed by atoms with van der Waals surface area (Å²) in [4.78, 5) is 17.2. The standard InChI is InChI=1S/C5H9N2O3P/c6-3-5(7)1-4(2-5)11(8,9)10/h4H,1-2,7H2,(H2,8,9,10). The summed E-state index contributed by atoms with van der Waals surface area (Å²) >= 11 is 0. The fraction of sp³-hybridized carbons (Fsp3) is 0.800. The van der Waals surface area contributed by atoms with Gasteiger partial charge in [0.15, 0.2) is 0 Å². The number of nitrogens with two attached hydrogens (primary N) is 1. The molecule has 0 bridgehead atoms. The van der Waals surface area contributed by atoms with Crippen molar-refractivity contribution in [2.24, 2.45) is 5.73 Å². The van der Waals surface area contributed by atoms with Crippen LogP contribution in [0.5, 0.6) is 0 Å². The summed E-state index contributed by atoms with van der Waals surface area (Å²) in [5.74, 6) is 0. The van der Waals surface area contributed by atoms with Crippen molar-refractivity contribution in [1.29, 1.82) is 5.26 Å². The van der Waals surface area contributed by atoms with Crippen LogP contribution in [-0.4, -0.2) is 21.0 Å². The molecule has 4 N–H and O–H groups in total. The lowest BCUT2D eigenvalue weighted by atomic mass is 9.78. The monoisotopic (exact) mass is 176 g/mol. The molecule has 1 aliphatic carbocycles. The lowest BCUT2D eigenvalue weighted by molar-refractivity contribution is 0.268. The van der Waals surface area contributed by atoms with Crippen LogP contribution in [-0.2, 0) is 4.57 Å². The first-order chi connectivity index (χ1) is 4.87. The van der Waals surface area contributed by atoms with Crippen molar-refractivity contribution in [3.05, 3.63) is 0 Å². The summed E-state index contributed by atoms with van der Waals surface area (Å²) in [5, 5.41) is 8.40. The van der Waals surface area contributed by atoms with Crippen LogP contribution in [0.1, 0.15) is 12.8 Å². The van der Waals surface area contributed by atoms with Gasteiger partial charge in [-0.3, -0.25) is 4.57 Å². The third-order valence-electron chi connectivity index (χ3n) is 1.90. The number of nitriles is 1. The predicted octanol–water partition coefficient (Wildman–Crippen LogP) is -0.452. The fourth-order valence-electron chi connectivity index (χ4n) is 1.11. The molecule has 0 amide bonds. The minimum atomic E-state index is -3.99. The van der Waals surface area contributed by atoms with E-state index < -0.39 is 18.8 Å². The van der Waals surface area contributed by atoms with Crippen molar-refractivity contribution >= 4 is 7.60 Å². The van der Waals surface area contributed by atoms with Gasteiger partial charge in [-0.2, -0.15) is 5.26 Å². The van der Waals surface area contributed by atoms with Gasteiger partial charge in [-0.1, -0.05) is 0 Å². The van der Waals surface area contributed by atoms with Gasteiger partial charge < -0.3 is 15.5 Å². The Balaban J connectivity index is 2.56. The molecule has 1 fully saturated rings. The number of nitrogens with zero attached hydrogens (tertiary/aromatic N) is 1. The van der Waals surface area contributed by atoms with Gasteiger partial charge in [-0.05, 0) is 12.8 Å². The van der Waals surface area contributed by atoms with E-state index >= 15 is 0 Å². The molecular weight excluding hydrogens is 167 g/mol. The summed E-state index contributed by atoms with van der Waals surface area (Å²) in [5.41, 5.74) is 3.69. The Morgan fingerprint density at radius 2 is 2.09 bits per heavy atom. The van der Waals surface area contributed by atoms with Gasteiger partial charge in [0.25, 0.3) is 0 Å². The molecule has 1 saturated carbocycles. The third kappa shape index (κ3) is 1.60. The normalized spacial score (nSPS) is 37.5. The average molecular weight is 176 g/mol. The van der Waals surface area contributed by atoms with Crippen molar-refractivity contribution in [2.75, 3.05) is 0 Å². The van der Waals surface area contributed by atoms with E-state index in [0.29, 0.717) is 0 Å². The van der Waals surface area contributed by atoms with Gasteiger partial charge >= 0.3 is 7.60 Å². The molecule has 0 atom stereocenters. The van der Waals surface area contributed by atoms with Gasteiger partial charge in [-0.15, -0.1) is 0 Å². The molecule has 0 aromatic rings. The van der Waals surface area contributed by atoms with Crippen molar-refractivity contribution in [2.45, 2.75) is 24.0 Å². The zero-order valence-electron chi connectivity index (χ0n) is 5.77. The summed E-state index contributed by atoms with van der Waals surface area (Å²) < 4.78 is 10.5. The van der Waals surface area contributed by atoms with Crippen molar-refractivity contribution in [3.8, 4) is 6.07 Å². The van der Waals surface area contributed by atoms with E-state index in [0.717, 1.165) is 0 Å². The Morgan fingerprint density at radius 1 is 1.64 bits per heavy atom. The Morgan fingerprint density at radius 3 is 2.36 bits per heavy atom. The Kier molecular flexibility index (Phi) is 1.81. The maximum Gasteiger partial charge on any atom is 0.328 e. The Hall–Kier alpha value is -0.400. The molecule has 11 heavy (non-hydrogen) atoms. The van der Waals surface area contributed by atoms with E-state index in [1.807, 2.05) is 6.07 Å². The molecule has 5 nitrogen and oxygen atoms in total. The van der Waals surface area contributed by atoms with Gasteiger partial charge in [-0.25, -0.2) is 0 Å². The Labute approximate surface area is 64.0 Å². The fourth-order valence-corrected chi connectivity index (χ4v) is 2.24. The zero-order chi connectivity index (χ0) is 8.70. The van der Waals surface area contributed by atoms with E-state index in [4.69, 9.17) is 20.8 Å². The van der Waals surface area contributed by atoms with E-state index in [-0.39, 0.29) is 12.8 Å². The van der Waals surface area contributed by atoms with E-state index in [2.05, 4.69) is 0 Å². The van der Waals surface area contributed by atoms with Crippen LogP contribution in [0, 0.1) is 11.3 Å². The van der Waals surface area contributed by atoms with Crippen LogP contribution in [0.15, 0.2) is 0 Å². The van der Waals surface area contributed by atoms with Crippen LogP contribution in [0.3, 0.4) is 0 Å². The summed E-state index contributed by atoms with van der Waals surface area (Å²) in [7, 11) is -3.99. The highest BCUT2D eigenvalue weighted by molar-refractivity contribution is 7.52. The van der Waals surface area contributed by atoms with E-state index in [1.165, 1.54) is 0 Å². The first-order valence-electron chi connectivity index (χ1n) is 3.13. The smallest absolute Gasteiger partial charge is 0.324 e. The molecule has 62 valence electrons. The largest absolute Gasteiger partial charge is 0.328 e. The Bertz CT molecular complexity index is 247. The third-order valence-corrected chi connectivity index (χ3v) is 3.21. The molecule has 0 aromatic carbocycles. The van der Waals surface area contributed by atoms with Crippen LogP contribution in [0.25, 0.3) is 0 Å². The van der Waals surface area contributed by atoms with Crippen LogP contribution in [0.2, 0.25) is 0 Å². The lowest BCUT2D eigenvalue weighted by Crippen LogP contribution is -2.53. The second-order valence-electron chi connectivity index (χ2n) is 2.92. The van der Waals surface area contributed by atoms with E-state index in [9.17, 15) is 4.57 Å². The molecule has 0 aliphatic heterocycles. The molecule has 6 heteroatoms. The summed E-state index contributed by atoms with van der Waals surface area (Å²) in [6.07, 6.45) is 0.210. The second-order valence-corrected chi connectivity index (χ2v) is 4.83. The highest BCUT2D eigenvalue weighted by Gasteiger charge is 2.49. The quantitative estimate of drug-likeness (QED) is 0.469. The summed E-state index contributed by atoms with van der Waals surface area (Å²) in [6, 6.07) is 1.81. The maximum atomic E-state index is 10.5. The van der Waals surface area contributed by atoms with E-state index in [1.54, 1.807) is 0 Å². The first kappa shape index (κ1) is 8.69. The van der Waals surface area contributed by atoms with Gasteiger partial charge in [0.2, 0.25) is 0 Å². The average Bonchev–Trinajstić information content (AvgIpc) is 1.78. The number of rotatable bonds is 1. The number of hydrogen-bond acceptors (Lipinski definition) is 3. The van der Waals surface area contributed by atoms with Gasteiger partial charge in [0.1, 0.15) is 5.54 Å². The minimum Gasteiger partial charge on any atom is -0.324 e. The molecule has 0 heterocycles. The predicted molar refractivity (Wildman–Crippen MR) is 37.6 cm³/mol. The molecular formula is C5H9N2O3P. The zero-order valence-corrected chi connectivity index (χ0v) is 6.66. The molecule has 0 aromatic heterocycles. The lowest BCUT2D eigenvalue weighted by Gasteiger charge is -2.39. The first-order valence-corrected chi connectivity index (χ1v) is 4.81. The van der Waals surface area contributed by atoms with Gasteiger partial charge in [0, 0.05) is 0 Å². The molecule has 1 rings (SSSR count). The molecule has 1 aliphatic rings. The molecule has 0 saturated heterocycles. The highest BCUT2D eigenvalue weighted by Crippen LogP contribution is 2.53. The van der Waals surface area contributed by atoms with Gasteiger partial charge in [0.05, 0.1) is 11.7 Å². The molecule has 0 radical (unpaired) electrons.